The number of hydroxylamine groups is 2. The minimum atomic E-state index is -1.14. The fourth-order valence-corrected chi connectivity index (χ4v) is 3.26. The van der Waals surface area contributed by atoms with E-state index in [0.717, 1.165) is 0 Å². The number of amides is 3. The summed E-state index contributed by atoms with van der Waals surface area (Å²) in [5.41, 5.74) is 0.279. The maximum atomic E-state index is 12.3. The summed E-state index contributed by atoms with van der Waals surface area (Å²) in [6.45, 7) is 5.42. The molecule has 12 heteroatoms. The van der Waals surface area contributed by atoms with Gasteiger partial charge in [0, 0.05) is 6.54 Å². The Hall–Kier alpha value is -3.80. The van der Waals surface area contributed by atoms with E-state index >= 15 is 0 Å². The van der Waals surface area contributed by atoms with Gasteiger partial charge in [0.1, 0.15) is 23.9 Å². The van der Waals surface area contributed by atoms with Gasteiger partial charge in [-0.2, -0.15) is 0 Å². The molecule has 0 radical (unpaired) electrons. The van der Waals surface area contributed by atoms with Gasteiger partial charge in [-0.3, -0.25) is 19.1 Å². The van der Waals surface area contributed by atoms with Gasteiger partial charge in [0.25, 0.3) is 11.8 Å². The summed E-state index contributed by atoms with van der Waals surface area (Å²) in [4.78, 5) is 53.2. The summed E-state index contributed by atoms with van der Waals surface area (Å²) in [6.07, 6.45) is 2.15. The lowest BCUT2D eigenvalue weighted by Gasteiger charge is -2.22. The van der Waals surface area contributed by atoms with E-state index in [1.807, 2.05) is 0 Å². The van der Waals surface area contributed by atoms with Crippen molar-refractivity contribution in [2.24, 2.45) is 0 Å². The zero-order valence-corrected chi connectivity index (χ0v) is 19.2. The summed E-state index contributed by atoms with van der Waals surface area (Å²) in [5, 5.41) is 20.3. The molecule has 1 aliphatic heterocycles. The van der Waals surface area contributed by atoms with Crippen LogP contribution in [0.2, 0.25) is 0 Å². The number of unbranched alkanes of at least 4 members (excludes halogenated alkanes) is 1. The average Bonchev–Trinajstić information content (AvgIpc) is 3.30. The van der Waals surface area contributed by atoms with Crippen LogP contribution in [0.25, 0.3) is 0 Å². The van der Waals surface area contributed by atoms with E-state index in [1.165, 1.54) is 0 Å². The number of carbonyl (C=O) groups excluding carboxylic acids is 3. The Morgan fingerprint density at radius 3 is 2.35 bits per heavy atom. The first kappa shape index (κ1) is 24.8. The predicted molar refractivity (Wildman–Crippen MR) is 116 cm³/mol. The highest BCUT2D eigenvalue weighted by atomic mass is 16.7. The second-order valence-corrected chi connectivity index (χ2v) is 8.73. The van der Waals surface area contributed by atoms with Gasteiger partial charge in [-0.25, -0.2) is 9.59 Å². The van der Waals surface area contributed by atoms with Crippen LogP contribution in [0.15, 0.2) is 30.5 Å². The van der Waals surface area contributed by atoms with Gasteiger partial charge in [0.05, 0.1) is 17.3 Å². The lowest BCUT2D eigenvalue weighted by Crippen LogP contribution is -2.43. The molecule has 2 heterocycles. The summed E-state index contributed by atoms with van der Waals surface area (Å²) >= 11 is 0. The van der Waals surface area contributed by atoms with Crippen LogP contribution in [0.4, 0.5) is 4.79 Å². The molecule has 34 heavy (non-hydrogen) atoms. The predicted octanol–water partition coefficient (Wildman–Crippen LogP) is 2.15. The fourth-order valence-electron chi connectivity index (χ4n) is 3.26. The van der Waals surface area contributed by atoms with Gasteiger partial charge in [-0.15, -0.1) is 10.2 Å². The molecule has 0 spiro atoms. The van der Waals surface area contributed by atoms with E-state index in [4.69, 9.17) is 9.57 Å². The first-order valence-corrected chi connectivity index (χ1v) is 10.8. The molecule has 0 fully saturated rings. The van der Waals surface area contributed by atoms with E-state index in [0.29, 0.717) is 30.1 Å². The van der Waals surface area contributed by atoms with Crippen LogP contribution in [0.5, 0.6) is 0 Å². The number of hydrogen-bond acceptors (Lipinski definition) is 8. The molecule has 2 N–H and O–H groups in total. The molecule has 3 rings (SSSR count). The van der Waals surface area contributed by atoms with Gasteiger partial charge in [0.2, 0.25) is 0 Å². The molecule has 0 saturated heterocycles. The quantitative estimate of drug-likeness (QED) is 0.390. The standard InChI is InChI=1S/C22H27N5O7/c1-22(2,3)34-21(32)23-17(20(30)31)10-6-7-11-26-12-14(24-25-26)13-33-27-18(28)15-8-4-5-9-16(15)19(27)29/h4-5,8-9,12,17H,6-7,10-11,13H2,1-3H3,(H,23,32)(H,30,31)/t17-/m0/s1. The van der Waals surface area contributed by atoms with Gasteiger partial charge >= 0.3 is 12.1 Å². The molecule has 1 aromatic carbocycles. The van der Waals surface area contributed by atoms with Crippen LogP contribution in [0.3, 0.4) is 0 Å². The highest BCUT2D eigenvalue weighted by molar-refractivity contribution is 6.20. The Kier molecular flexibility index (Phi) is 7.61. The number of aliphatic carboxylic acids is 1. The van der Waals surface area contributed by atoms with Crippen molar-refractivity contribution >= 4 is 23.9 Å². The molecule has 0 bridgehead atoms. The van der Waals surface area contributed by atoms with Gasteiger partial charge in [0.15, 0.2) is 0 Å². The number of aromatic nitrogens is 3. The zero-order valence-electron chi connectivity index (χ0n) is 19.2. The number of imide groups is 1. The molecule has 12 nitrogen and oxygen atoms in total. The fraction of sp³-hybridized carbons (Fsp3) is 0.455. The number of nitrogens with one attached hydrogen (secondary N) is 1. The van der Waals surface area contributed by atoms with Crippen molar-refractivity contribution in [1.82, 2.24) is 25.4 Å². The molecule has 0 saturated carbocycles. The van der Waals surface area contributed by atoms with E-state index in [-0.39, 0.29) is 24.2 Å². The normalized spacial score (nSPS) is 14.1. The second kappa shape index (κ2) is 10.4. The van der Waals surface area contributed by atoms with Crippen molar-refractivity contribution in [2.45, 2.75) is 64.8 Å². The van der Waals surface area contributed by atoms with Crippen LogP contribution < -0.4 is 5.32 Å². The number of nitrogens with zero attached hydrogens (tertiary/aromatic N) is 4. The van der Waals surface area contributed by atoms with Crippen molar-refractivity contribution in [3.8, 4) is 0 Å². The lowest BCUT2D eigenvalue weighted by atomic mass is 10.1. The monoisotopic (exact) mass is 473 g/mol. The van der Waals surface area contributed by atoms with Crippen LogP contribution in [-0.4, -0.2) is 60.7 Å². The number of alkyl carbamates (subject to hydrolysis) is 1. The smallest absolute Gasteiger partial charge is 0.408 e. The SMILES string of the molecule is CC(C)(C)OC(=O)N[C@@H](CCCCn1cc(CON2C(=O)c3ccccc3C2=O)nn1)C(=O)O. The van der Waals surface area contributed by atoms with Crippen LogP contribution in [0.1, 0.15) is 66.4 Å². The maximum Gasteiger partial charge on any atom is 0.408 e. The maximum absolute atomic E-state index is 12.3. The molecule has 1 atom stereocenters. The topological polar surface area (TPSA) is 153 Å². The highest BCUT2D eigenvalue weighted by Gasteiger charge is 2.36. The third-order valence-corrected chi connectivity index (χ3v) is 4.80. The first-order chi connectivity index (χ1) is 16.0. The van der Waals surface area contributed by atoms with Gasteiger partial charge in [-0.05, 0) is 52.2 Å². The number of aryl methyl sites for hydroxylation is 1. The number of hydrogen-bond donors (Lipinski definition) is 2. The summed E-state index contributed by atoms with van der Waals surface area (Å²) in [6, 6.07) is 5.41. The molecule has 0 aliphatic carbocycles. The number of ether oxygens (including phenoxy) is 1. The summed E-state index contributed by atoms with van der Waals surface area (Å²) in [7, 11) is 0. The Morgan fingerprint density at radius 1 is 1.12 bits per heavy atom. The van der Waals surface area contributed by atoms with Crippen molar-refractivity contribution in [3.05, 3.63) is 47.3 Å². The molecular formula is C22H27N5O7. The molecule has 2 aromatic rings. The van der Waals surface area contributed by atoms with Crippen molar-refractivity contribution in [3.63, 3.8) is 0 Å². The largest absolute Gasteiger partial charge is 0.480 e. The van der Waals surface area contributed by atoms with Gasteiger partial charge in [-0.1, -0.05) is 17.3 Å². The lowest BCUT2D eigenvalue weighted by molar-refractivity contribution is -0.139. The zero-order chi connectivity index (χ0) is 24.9. The highest BCUT2D eigenvalue weighted by Crippen LogP contribution is 2.23. The number of rotatable bonds is 10. The third kappa shape index (κ3) is 6.38. The van der Waals surface area contributed by atoms with Crippen LogP contribution >= 0.6 is 0 Å². The van der Waals surface area contributed by atoms with Crippen LogP contribution in [-0.2, 0) is 27.5 Å². The molecule has 1 aromatic heterocycles. The van der Waals surface area contributed by atoms with E-state index in [9.17, 15) is 24.3 Å². The summed E-state index contributed by atoms with van der Waals surface area (Å²) < 4.78 is 6.65. The first-order valence-electron chi connectivity index (χ1n) is 10.8. The molecule has 1 aliphatic rings. The number of carboxylic acid groups (broad SMARTS) is 1. The minimum Gasteiger partial charge on any atom is -0.480 e. The van der Waals surface area contributed by atoms with Crippen molar-refractivity contribution in [1.29, 1.82) is 0 Å². The minimum absolute atomic E-state index is 0.119. The molecule has 0 unspecified atom stereocenters. The van der Waals surface area contributed by atoms with E-state index in [2.05, 4.69) is 15.6 Å². The van der Waals surface area contributed by atoms with Crippen molar-refractivity contribution < 1.29 is 33.9 Å². The Labute approximate surface area is 195 Å². The number of carbonyl (C=O) groups is 4. The van der Waals surface area contributed by atoms with Crippen LogP contribution in [0, 0.1) is 0 Å². The van der Waals surface area contributed by atoms with Gasteiger partial charge < -0.3 is 15.2 Å². The Morgan fingerprint density at radius 2 is 1.76 bits per heavy atom. The van der Waals surface area contributed by atoms with Crippen molar-refractivity contribution in [2.75, 3.05) is 0 Å². The third-order valence-electron chi connectivity index (χ3n) is 4.80. The Bertz CT molecular complexity index is 1040. The van der Waals surface area contributed by atoms with E-state index in [1.54, 1.807) is 55.9 Å². The summed E-state index contributed by atoms with van der Waals surface area (Å²) in [5.74, 6) is -2.19. The molecule has 182 valence electrons. The molecule has 3 amide bonds. The molecular weight excluding hydrogens is 446 g/mol. The number of fused-ring (bicyclic) bond motifs is 1. The number of benzene rings is 1. The number of carboxylic acids is 1. The van der Waals surface area contributed by atoms with E-state index < -0.39 is 35.5 Å². The Balaban J connectivity index is 1.42. The average molecular weight is 473 g/mol. The second-order valence-electron chi connectivity index (χ2n) is 8.73.